The van der Waals surface area contributed by atoms with Crippen molar-refractivity contribution in [2.75, 3.05) is 13.2 Å². The zero-order valence-corrected chi connectivity index (χ0v) is 14.1. The second-order valence-electron chi connectivity index (χ2n) is 6.49. The van der Waals surface area contributed by atoms with Crippen LogP contribution in [0, 0.1) is 11.8 Å². The number of imide groups is 1. The number of carbonyl (C=O) groups excluding carboxylic acids is 3. The predicted octanol–water partition coefficient (Wildman–Crippen LogP) is 1.58. The number of rotatable bonds is 6. The standard InChI is InChI=1S/C19H21NO5/c1-12(21)13-6-8-15(9-7-13)25-11-14(22)10-20-18(23)16-4-2-3-5-17(16)19(20)24/h2-3,6-9,14,16-17,22H,4-5,10-11H2,1H3/t14-,16-,17+/m1/s1. The summed E-state index contributed by atoms with van der Waals surface area (Å²) in [7, 11) is 0. The first-order valence-corrected chi connectivity index (χ1v) is 8.39. The van der Waals surface area contributed by atoms with Crippen molar-refractivity contribution < 1.29 is 24.2 Å². The van der Waals surface area contributed by atoms with Gasteiger partial charge in [0.2, 0.25) is 11.8 Å². The van der Waals surface area contributed by atoms with Crippen LogP contribution in [0.25, 0.3) is 0 Å². The van der Waals surface area contributed by atoms with Gasteiger partial charge >= 0.3 is 0 Å². The van der Waals surface area contributed by atoms with Gasteiger partial charge in [-0.05, 0) is 44.0 Å². The fourth-order valence-electron chi connectivity index (χ4n) is 3.29. The number of β-amino-alcohol motifs (C(OH)–C–C–N with tert-alkyl or cyclic N) is 1. The minimum atomic E-state index is -0.964. The number of likely N-dealkylation sites (tertiary alicyclic amines) is 1. The molecule has 1 aliphatic carbocycles. The molecule has 0 spiro atoms. The lowest BCUT2D eigenvalue weighted by Crippen LogP contribution is -2.40. The topological polar surface area (TPSA) is 83.9 Å². The predicted molar refractivity (Wildman–Crippen MR) is 90.0 cm³/mol. The van der Waals surface area contributed by atoms with Gasteiger partial charge in [-0.1, -0.05) is 12.2 Å². The number of hydrogen-bond acceptors (Lipinski definition) is 5. The number of hydrogen-bond donors (Lipinski definition) is 1. The van der Waals surface area contributed by atoms with Gasteiger partial charge in [-0.25, -0.2) is 0 Å². The van der Waals surface area contributed by atoms with Crippen molar-refractivity contribution in [2.45, 2.75) is 25.9 Å². The molecule has 1 aromatic carbocycles. The van der Waals surface area contributed by atoms with Crippen molar-refractivity contribution >= 4 is 17.6 Å². The Labute approximate surface area is 146 Å². The number of aliphatic hydroxyl groups excluding tert-OH is 1. The maximum Gasteiger partial charge on any atom is 0.233 e. The molecule has 132 valence electrons. The van der Waals surface area contributed by atoms with Gasteiger partial charge in [-0.2, -0.15) is 0 Å². The van der Waals surface area contributed by atoms with Gasteiger partial charge in [0.15, 0.2) is 5.78 Å². The number of amides is 2. The summed E-state index contributed by atoms with van der Waals surface area (Å²) in [5, 5.41) is 10.1. The van der Waals surface area contributed by atoms with Crippen LogP contribution in [0.1, 0.15) is 30.1 Å². The molecule has 1 aromatic rings. The number of fused-ring (bicyclic) bond motifs is 1. The number of ether oxygens (including phenoxy) is 1. The molecular formula is C19H21NO5. The van der Waals surface area contributed by atoms with E-state index in [1.165, 1.54) is 6.92 Å². The van der Waals surface area contributed by atoms with Crippen molar-refractivity contribution in [3.05, 3.63) is 42.0 Å². The van der Waals surface area contributed by atoms with Gasteiger partial charge < -0.3 is 9.84 Å². The van der Waals surface area contributed by atoms with E-state index in [1.807, 2.05) is 12.2 Å². The molecule has 6 nitrogen and oxygen atoms in total. The van der Waals surface area contributed by atoms with E-state index in [-0.39, 0.29) is 42.6 Å². The monoisotopic (exact) mass is 343 g/mol. The van der Waals surface area contributed by atoms with Gasteiger partial charge in [0.05, 0.1) is 18.4 Å². The Bertz CT molecular complexity index is 683. The first-order chi connectivity index (χ1) is 12.0. The Hall–Kier alpha value is -2.47. The molecule has 25 heavy (non-hydrogen) atoms. The van der Waals surface area contributed by atoms with Crippen LogP contribution in [0.15, 0.2) is 36.4 Å². The number of aliphatic hydroxyl groups is 1. The highest BCUT2D eigenvalue weighted by atomic mass is 16.5. The summed E-state index contributed by atoms with van der Waals surface area (Å²) in [6.45, 7) is 1.39. The van der Waals surface area contributed by atoms with Crippen LogP contribution in [0.3, 0.4) is 0 Å². The van der Waals surface area contributed by atoms with Gasteiger partial charge in [-0.15, -0.1) is 0 Å². The average molecular weight is 343 g/mol. The summed E-state index contributed by atoms with van der Waals surface area (Å²) in [4.78, 5) is 37.1. The van der Waals surface area contributed by atoms with Crippen LogP contribution in [-0.4, -0.2) is 46.9 Å². The largest absolute Gasteiger partial charge is 0.491 e. The summed E-state index contributed by atoms with van der Waals surface area (Å²) in [5.74, 6) is -0.502. The number of carbonyl (C=O) groups is 3. The number of nitrogens with zero attached hydrogens (tertiary/aromatic N) is 1. The summed E-state index contributed by atoms with van der Waals surface area (Å²) in [5.41, 5.74) is 0.581. The van der Waals surface area contributed by atoms with E-state index in [2.05, 4.69) is 0 Å². The second kappa shape index (κ2) is 7.19. The zero-order chi connectivity index (χ0) is 18.0. The summed E-state index contributed by atoms with van der Waals surface area (Å²) < 4.78 is 5.48. The molecule has 3 atom stereocenters. The van der Waals surface area contributed by atoms with E-state index >= 15 is 0 Å². The highest BCUT2D eigenvalue weighted by Gasteiger charge is 2.47. The summed E-state index contributed by atoms with van der Waals surface area (Å²) in [6, 6.07) is 6.59. The van der Waals surface area contributed by atoms with Crippen molar-refractivity contribution in [3.8, 4) is 5.75 Å². The van der Waals surface area contributed by atoms with Gasteiger partial charge in [0, 0.05) is 5.56 Å². The highest BCUT2D eigenvalue weighted by molar-refractivity contribution is 6.05. The molecule has 1 N–H and O–H groups in total. The Kier molecular flexibility index (Phi) is 4.99. The first-order valence-electron chi connectivity index (χ1n) is 8.39. The quantitative estimate of drug-likeness (QED) is 0.482. The normalized spacial score (nSPS) is 23.5. The smallest absolute Gasteiger partial charge is 0.233 e. The van der Waals surface area contributed by atoms with Gasteiger partial charge in [0.1, 0.15) is 18.5 Å². The summed E-state index contributed by atoms with van der Waals surface area (Å²) in [6.07, 6.45) is 4.07. The van der Waals surface area contributed by atoms with E-state index in [4.69, 9.17) is 4.74 Å². The highest BCUT2D eigenvalue weighted by Crippen LogP contribution is 2.35. The third-order valence-electron chi connectivity index (χ3n) is 4.70. The van der Waals surface area contributed by atoms with E-state index < -0.39 is 6.10 Å². The van der Waals surface area contributed by atoms with Gasteiger partial charge in [-0.3, -0.25) is 19.3 Å². The molecule has 0 aromatic heterocycles. The van der Waals surface area contributed by atoms with Crippen LogP contribution in [-0.2, 0) is 9.59 Å². The van der Waals surface area contributed by atoms with Crippen molar-refractivity contribution in [3.63, 3.8) is 0 Å². The zero-order valence-electron chi connectivity index (χ0n) is 14.1. The molecule has 1 fully saturated rings. The molecule has 0 radical (unpaired) electrons. The lowest BCUT2D eigenvalue weighted by molar-refractivity contribution is -0.141. The fourth-order valence-corrected chi connectivity index (χ4v) is 3.29. The van der Waals surface area contributed by atoms with E-state index in [1.54, 1.807) is 24.3 Å². The number of benzene rings is 1. The Morgan fingerprint density at radius 3 is 2.24 bits per heavy atom. The van der Waals surface area contributed by atoms with Crippen molar-refractivity contribution in [2.24, 2.45) is 11.8 Å². The minimum absolute atomic E-state index is 0.0337. The molecule has 1 aliphatic heterocycles. The molecule has 2 amide bonds. The van der Waals surface area contributed by atoms with E-state index in [0.717, 1.165) is 4.90 Å². The Morgan fingerprint density at radius 2 is 1.72 bits per heavy atom. The van der Waals surface area contributed by atoms with E-state index in [0.29, 0.717) is 24.2 Å². The molecule has 3 rings (SSSR count). The molecule has 6 heteroatoms. The van der Waals surface area contributed by atoms with Crippen LogP contribution in [0.4, 0.5) is 0 Å². The lowest BCUT2D eigenvalue weighted by Gasteiger charge is -2.19. The SMILES string of the molecule is CC(=O)c1ccc(OC[C@H](O)CN2C(=O)[C@H]3CC=CC[C@H]3C2=O)cc1. The first kappa shape index (κ1) is 17.4. The third kappa shape index (κ3) is 3.64. The molecule has 0 bridgehead atoms. The minimum Gasteiger partial charge on any atom is -0.491 e. The second-order valence-corrected chi connectivity index (χ2v) is 6.49. The van der Waals surface area contributed by atoms with Gasteiger partial charge in [0.25, 0.3) is 0 Å². The molecule has 0 unspecified atom stereocenters. The van der Waals surface area contributed by atoms with E-state index in [9.17, 15) is 19.5 Å². The molecule has 2 aliphatic rings. The molecular weight excluding hydrogens is 322 g/mol. The number of ketones is 1. The average Bonchev–Trinajstić information content (AvgIpc) is 2.86. The van der Waals surface area contributed by atoms with Crippen molar-refractivity contribution in [1.82, 2.24) is 4.90 Å². The third-order valence-corrected chi connectivity index (χ3v) is 4.70. The van der Waals surface area contributed by atoms with Crippen LogP contribution >= 0.6 is 0 Å². The Balaban J connectivity index is 1.54. The maximum atomic E-state index is 12.3. The van der Waals surface area contributed by atoms with Crippen LogP contribution in [0.2, 0.25) is 0 Å². The van der Waals surface area contributed by atoms with Crippen molar-refractivity contribution in [1.29, 1.82) is 0 Å². The summed E-state index contributed by atoms with van der Waals surface area (Å²) >= 11 is 0. The van der Waals surface area contributed by atoms with Crippen LogP contribution in [0.5, 0.6) is 5.75 Å². The Morgan fingerprint density at radius 1 is 1.16 bits per heavy atom. The number of Topliss-reactive ketones (excluding diaryl/α,β-unsaturated/α-hetero) is 1. The molecule has 1 saturated heterocycles. The molecule has 1 heterocycles. The molecule has 0 saturated carbocycles. The lowest BCUT2D eigenvalue weighted by atomic mass is 9.85. The maximum absolute atomic E-state index is 12.3. The number of allylic oxidation sites excluding steroid dienone is 2. The fraction of sp³-hybridized carbons (Fsp3) is 0.421. The van der Waals surface area contributed by atoms with Crippen LogP contribution < -0.4 is 4.74 Å².